The van der Waals surface area contributed by atoms with E-state index in [0.29, 0.717) is 25.4 Å². The fourth-order valence-corrected chi connectivity index (χ4v) is 6.79. The van der Waals surface area contributed by atoms with Crippen molar-refractivity contribution in [1.82, 2.24) is 0 Å². The van der Waals surface area contributed by atoms with Gasteiger partial charge in [0.2, 0.25) is 0 Å². The largest absolute Gasteiger partial charge is 0.469 e. The number of aliphatic hydroxyl groups excluding tert-OH is 1. The summed E-state index contributed by atoms with van der Waals surface area (Å²) in [6, 6.07) is 0. The van der Waals surface area contributed by atoms with Gasteiger partial charge in [-0.25, -0.2) is 0 Å². The second-order valence-corrected chi connectivity index (χ2v) is 12.2. The standard InChI is InChI=1S/C32H52O7/c1-5-12-24-18-19-32(3,22-24)29(34)17-16-26-25(13-8-6-7-9-14-30(35)36-4)27(38-23(2)33)21-28(26)39-31-15-10-11-20-37-31/h6,8,16-17,24-29,31,34H,5,7,9-15,18-22H2,1-4H3/b8-6-,17-16+/t24?,25-,26-,27+,28-,29-,31?,32?/m1/s1. The summed E-state index contributed by atoms with van der Waals surface area (Å²) in [5.74, 6) is 0.238. The van der Waals surface area contributed by atoms with E-state index in [1.807, 2.05) is 6.08 Å². The van der Waals surface area contributed by atoms with E-state index >= 15 is 0 Å². The van der Waals surface area contributed by atoms with Gasteiger partial charge in [0.15, 0.2) is 6.29 Å². The molecule has 0 aromatic heterocycles. The highest BCUT2D eigenvalue weighted by atomic mass is 16.7. The van der Waals surface area contributed by atoms with E-state index in [2.05, 4.69) is 32.1 Å². The van der Waals surface area contributed by atoms with Gasteiger partial charge in [0.05, 0.1) is 19.3 Å². The summed E-state index contributed by atoms with van der Waals surface area (Å²) in [4.78, 5) is 23.4. The summed E-state index contributed by atoms with van der Waals surface area (Å²) in [6.07, 6.45) is 19.1. The molecule has 3 unspecified atom stereocenters. The van der Waals surface area contributed by atoms with Gasteiger partial charge in [0.25, 0.3) is 0 Å². The van der Waals surface area contributed by atoms with Crippen LogP contribution in [0, 0.1) is 23.2 Å². The second-order valence-electron chi connectivity index (χ2n) is 12.2. The van der Waals surface area contributed by atoms with E-state index in [0.717, 1.165) is 51.4 Å². The smallest absolute Gasteiger partial charge is 0.305 e. The number of methoxy groups -OCH3 is 1. The van der Waals surface area contributed by atoms with Crippen LogP contribution in [0.5, 0.6) is 0 Å². The Morgan fingerprint density at radius 2 is 2.00 bits per heavy atom. The number of carbonyl (C=O) groups excluding carboxylic acids is 2. The van der Waals surface area contributed by atoms with Gasteiger partial charge < -0.3 is 24.1 Å². The van der Waals surface area contributed by atoms with Gasteiger partial charge in [-0.3, -0.25) is 9.59 Å². The Labute approximate surface area is 235 Å². The van der Waals surface area contributed by atoms with Gasteiger partial charge in [-0.1, -0.05) is 51.0 Å². The van der Waals surface area contributed by atoms with Gasteiger partial charge in [-0.05, 0) is 69.1 Å². The molecule has 7 nitrogen and oxygen atoms in total. The molecule has 8 atom stereocenters. The van der Waals surface area contributed by atoms with E-state index in [9.17, 15) is 14.7 Å². The number of hydrogen-bond donors (Lipinski definition) is 1. The molecule has 3 rings (SSSR count). The van der Waals surface area contributed by atoms with Crippen LogP contribution in [0.25, 0.3) is 0 Å². The number of hydrogen-bond acceptors (Lipinski definition) is 7. The molecule has 222 valence electrons. The Morgan fingerprint density at radius 1 is 1.18 bits per heavy atom. The predicted octanol–water partition coefficient (Wildman–Crippen LogP) is 6.28. The topological polar surface area (TPSA) is 91.3 Å². The maximum absolute atomic E-state index is 12.0. The number of unbranched alkanes of at least 4 members (excludes halogenated alkanes) is 1. The third-order valence-electron chi connectivity index (χ3n) is 9.01. The minimum atomic E-state index is -0.520. The molecule has 7 heteroatoms. The minimum Gasteiger partial charge on any atom is -0.469 e. The molecule has 0 radical (unpaired) electrons. The fraction of sp³-hybridized carbons (Fsp3) is 0.812. The van der Waals surface area contributed by atoms with Crippen LogP contribution >= 0.6 is 0 Å². The van der Waals surface area contributed by atoms with Gasteiger partial charge in [0.1, 0.15) is 6.10 Å². The number of ether oxygens (including phenoxy) is 4. The molecule has 0 amide bonds. The van der Waals surface area contributed by atoms with Crippen LogP contribution in [0.3, 0.4) is 0 Å². The molecule has 1 N–H and O–H groups in total. The SMILES string of the molecule is CCCC1CCC(C)([C@H](O)/C=C/[C@@H]2[C@@H](C/C=C\CCCC(=O)OC)[C@@H](OC(C)=O)C[C@H]2OC2CCCCO2)C1. The van der Waals surface area contributed by atoms with Crippen molar-refractivity contribution in [2.45, 2.75) is 129 Å². The number of carbonyl (C=O) groups is 2. The fourth-order valence-electron chi connectivity index (χ4n) is 6.79. The lowest BCUT2D eigenvalue weighted by molar-refractivity contribution is -0.193. The van der Waals surface area contributed by atoms with Crippen LogP contribution in [0.4, 0.5) is 0 Å². The summed E-state index contributed by atoms with van der Waals surface area (Å²) in [5.41, 5.74) is -0.109. The van der Waals surface area contributed by atoms with Crippen molar-refractivity contribution in [2.24, 2.45) is 23.2 Å². The van der Waals surface area contributed by atoms with Crippen LogP contribution in [0.1, 0.15) is 104 Å². The van der Waals surface area contributed by atoms with Crippen molar-refractivity contribution in [3.63, 3.8) is 0 Å². The lowest BCUT2D eigenvalue weighted by Crippen LogP contribution is -2.32. The molecule has 3 aliphatic rings. The third kappa shape index (κ3) is 9.72. The van der Waals surface area contributed by atoms with Crippen molar-refractivity contribution in [2.75, 3.05) is 13.7 Å². The maximum atomic E-state index is 12.0. The van der Waals surface area contributed by atoms with Crippen molar-refractivity contribution < 1.29 is 33.6 Å². The normalized spacial score (nSPS) is 34.1. The van der Waals surface area contributed by atoms with E-state index in [-0.39, 0.29) is 47.7 Å². The Kier molecular flexibility index (Phi) is 13.0. The number of allylic oxidation sites excluding steroid dienone is 2. The summed E-state index contributed by atoms with van der Waals surface area (Å²) in [7, 11) is 1.41. The van der Waals surface area contributed by atoms with Crippen LogP contribution in [-0.4, -0.2) is 55.4 Å². The molecule has 39 heavy (non-hydrogen) atoms. The zero-order valence-electron chi connectivity index (χ0n) is 24.6. The zero-order valence-corrected chi connectivity index (χ0v) is 24.6. The van der Waals surface area contributed by atoms with Crippen molar-refractivity contribution >= 4 is 11.9 Å². The zero-order chi connectivity index (χ0) is 28.3. The Morgan fingerprint density at radius 3 is 2.69 bits per heavy atom. The Bertz CT molecular complexity index is 817. The molecule has 0 aromatic rings. The van der Waals surface area contributed by atoms with Gasteiger partial charge in [0, 0.05) is 38.2 Å². The lowest BCUT2D eigenvalue weighted by atomic mass is 9.80. The number of rotatable bonds is 14. The summed E-state index contributed by atoms with van der Waals surface area (Å²) < 4.78 is 22.9. The van der Waals surface area contributed by atoms with E-state index in [1.165, 1.54) is 33.3 Å². The molecular formula is C32H52O7. The van der Waals surface area contributed by atoms with Crippen molar-refractivity contribution in [3.8, 4) is 0 Å². The molecular weight excluding hydrogens is 496 g/mol. The molecule has 3 fully saturated rings. The molecule has 1 heterocycles. The van der Waals surface area contributed by atoms with Gasteiger partial charge in [-0.15, -0.1) is 0 Å². The minimum absolute atomic E-state index is 0.00862. The van der Waals surface area contributed by atoms with Crippen LogP contribution < -0.4 is 0 Å². The van der Waals surface area contributed by atoms with Crippen LogP contribution in [0.15, 0.2) is 24.3 Å². The Hall–Kier alpha value is -1.70. The molecule has 1 saturated heterocycles. The summed E-state index contributed by atoms with van der Waals surface area (Å²) in [5, 5.41) is 11.3. The number of esters is 2. The first-order valence-electron chi connectivity index (χ1n) is 15.3. The van der Waals surface area contributed by atoms with E-state index in [4.69, 9.17) is 18.9 Å². The molecule has 1 aliphatic heterocycles. The van der Waals surface area contributed by atoms with Gasteiger partial charge in [-0.2, -0.15) is 0 Å². The van der Waals surface area contributed by atoms with Crippen molar-refractivity contribution in [3.05, 3.63) is 24.3 Å². The lowest BCUT2D eigenvalue weighted by Gasteiger charge is -2.31. The second kappa shape index (κ2) is 15.9. The van der Waals surface area contributed by atoms with Crippen LogP contribution in [0.2, 0.25) is 0 Å². The first-order valence-corrected chi connectivity index (χ1v) is 15.3. The molecule has 0 spiro atoms. The quantitative estimate of drug-likeness (QED) is 0.155. The molecule has 2 saturated carbocycles. The first-order chi connectivity index (χ1) is 18.8. The predicted molar refractivity (Wildman–Crippen MR) is 151 cm³/mol. The highest BCUT2D eigenvalue weighted by Gasteiger charge is 2.46. The third-order valence-corrected chi connectivity index (χ3v) is 9.01. The summed E-state index contributed by atoms with van der Waals surface area (Å²) in [6.45, 7) is 6.61. The molecule has 0 aromatic carbocycles. The number of aliphatic hydroxyl groups is 1. The van der Waals surface area contributed by atoms with E-state index < -0.39 is 6.10 Å². The van der Waals surface area contributed by atoms with Gasteiger partial charge >= 0.3 is 11.9 Å². The summed E-state index contributed by atoms with van der Waals surface area (Å²) >= 11 is 0. The first kappa shape index (κ1) is 31.8. The average molecular weight is 549 g/mol. The molecule has 2 aliphatic carbocycles. The monoisotopic (exact) mass is 548 g/mol. The van der Waals surface area contributed by atoms with E-state index in [1.54, 1.807) is 0 Å². The van der Waals surface area contributed by atoms with Crippen LogP contribution in [-0.2, 0) is 28.5 Å². The Balaban J connectivity index is 1.73. The highest BCUT2D eigenvalue weighted by Crippen LogP contribution is 2.47. The highest BCUT2D eigenvalue weighted by molar-refractivity contribution is 5.69. The van der Waals surface area contributed by atoms with Crippen molar-refractivity contribution in [1.29, 1.82) is 0 Å². The maximum Gasteiger partial charge on any atom is 0.305 e. The average Bonchev–Trinajstić information content (AvgIpc) is 3.45. The molecule has 0 bridgehead atoms.